The van der Waals surface area contributed by atoms with Gasteiger partial charge < -0.3 is 18.9 Å². The monoisotopic (exact) mass is 344 g/mol. The first kappa shape index (κ1) is 18.9. The highest BCUT2D eigenvalue weighted by molar-refractivity contribution is 6.78. The molecule has 0 aliphatic carbocycles. The van der Waals surface area contributed by atoms with Crippen molar-refractivity contribution in [2.75, 3.05) is 0 Å². The van der Waals surface area contributed by atoms with E-state index >= 15 is 0 Å². The Morgan fingerprint density at radius 2 is 1.83 bits per heavy atom. The Hall–Kier alpha value is -0.433. The second kappa shape index (κ2) is 6.13. The van der Waals surface area contributed by atoms with Crippen molar-refractivity contribution in [3.05, 3.63) is 0 Å². The van der Waals surface area contributed by atoms with E-state index in [1.54, 1.807) is 0 Å². The number of esters is 1. The second-order valence-corrected chi connectivity index (χ2v) is 14.5. The van der Waals surface area contributed by atoms with Crippen LogP contribution in [0.1, 0.15) is 47.5 Å². The molecule has 2 aliphatic rings. The van der Waals surface area contributed by atoms with Crippen LogP contribution in [-0.4, -0.2) is 49.5 Å². The molecule has 2 aliphatic heterocycles. The smallest absolute Gasteiger partial charge is 0.308 e. The predicted octanol–water partition coefficient (Wildman–Crippen LogP) is 3.27. The van der Waals surface area contributed by atoms with Crippen molar-refractivity contribution >= 4 is 14.0 Å². The Kier molecular flexibility index (Phi) is 5.04. The standard InChI is InChI=1S/C17H32O5Si/c1-16(2,3)22-13(18)10-11-9-12(21-17(4,5)20-11)14-15(19-14)23(6,7)8/h11-12,14-15H,9-10H2,1-8H3/t11-,12+,14-,15+/m1/s1. The van der Waals surface area contributed by atoms with Gasteiger partial charge in [-0.25, -0.2) is 0 Å². The molecule has 4 atom stereocenters. The van der Waals surface area contributed by atoms with Crippen molar-refractivity contribution in [2.24, 2.45) is 0 Å². The molecule has 0 aromatic rings. The fourth-order valence-corrected chi connectivity index (χ4v) is 4.91. The first-order chi connectivity index (χ1) is 10.3. The third-order valence-electron chi connectivity index (χ3n) is 3.94. The molecule has 134 valence electrons. The summed E-state index contributed by atoms with van der Waals surface area (Å²) in [6, 6.07) is 0. The van der Waals surface area contributed by atoms with Crippen molar-refractivity contribution in [3.8, 4) is 0 Å². The maximum Gasteiger partial charge on any atom is 0.308 e. The predicted molar refractivity (Wildman–Crippen MR) is 90.9 cm³/mol. The first-order valence-electron chi connectivity index (χ1n) is 8.50. The van der Waals surface area contributed by atoms with E-state index in [2.05, 4.69) is 19.6 Å². The normalized spacial score (nSPS) is 34.1. The van der Waals surface area contributed by atoms with Gasteiger partial charge >= 0.3 is 5.97 Å². The zero-order valence-electron chi connectivity index (χ0n) is 15.8. The third-order valence-corrected chi connectivity index (χ3v) is 6.11. The highest BCUT2D eigenvalue weighted by Crippen LogP contribution is 2.41. The fourth-order valence-electron chi connectivity index (χ4n) is 3.15. The van der Waals surface area contributed by atoms with Crippen LogP contribution in [0.25, 0.3) is 0 Å². The van der Waals surface area contributed by atoms with Gasteiger partial charge in [0.2, 0.25) is 0 Å². The topological polar surface area (TPSA) is 57.3 Å². The van der Waals surface area contributed by atoms with Gasteiger partial charge in [-0.1, -0.05) is 19.6 Å². The molecular formula is C17H32O5Si. The molecule has 0 aromatic carbocycles. The molecule has 6 heteroatoms. The van der Waals surface area contributed by atoms with E-state index in [-0.39, 0.29) is 30.7 Å². The zero-order valence-corrected chi connectivity index (χ0v) is 16.8. The van der Waals surface area contributed by atoms with Crippen LogP contribution < -0.4 is 0 Å². The molecule has 0 bridgehead atoms. The number of ether oxygens (including phenoxy) is 4. The van der Waals surface area contributed by atoms with E-state index in [0.29, 0.717) is 12.1 Å². The molecule has 2 heterocycles. The van der Waals surface area contributed by atoms with E-state index in [1.807, 2.05) is 34.6 Å². The Labute approximate surface area is 141 Å². The molecule has 2 rings (SSSR count). The lowest BCUT2D eigenvalue weighted by molar-refractivity contribution is -0.302. The minimum atomic E-state index is -1.34. The van der Waals surface area contributed by atoms with Crippen molar-refractivity contribution in [3.63, 3.8) is 0 Å². The lowest BCUT2D eigenvalue weighted by atomic mass is 10.0. The van der Waals surface area contributed by atoms with Crippen molar-refractivity contribution < 1.29 is 23.7 Å². The molecule has 23 heavy (non-hydrogen) atoms. The Balaban J connectivity index is 1.96. The summed E-state index contributed by atoms with van der Waals surface area (Å²) in [6.45, 7) is 16.3. The van der Waals surface area contributed by atoms with E-state index in [1.165, 1.54) is 0 Å². The van der Waals surface area contributed by atoms with E-state index in [0.717, 1.165) is 0 Å². The van der Waals surface area contributed by atoms with Crippen LogP contribution in [0.3, 0.4) is 0 Å². The van der Waals surface area contributed by atoms with Gasteiger partial charge in [0.1, 0.15) is 11.7 Å². The number of hydrogen-bond donors (Lipinski definition) is 0. The highest BCUT2D eigenvalue weighted by Gasteiger charge is 2.55. The Morgan fingerprint density at radius 1 is 1.22 bits per heavy atom. The quantitative estimate of drug-likeness (QED) is 0.445. The first-order valence-corrected chi connectivity index (χ1v) is 12.1. The van der Waals surface area contributed by atoms with Gasteiger partial charge in [0, 0.05) is 6.42 Å². The lowest BCUT2D eigenvalue weighted by Gasteiger charge is -2.40. The Morgan fingerprint density at radius 3 is 2.30 bits per heavy atom. The Bertz CT molecular complexity index is 449. The van der Waals surface area contributed by atoms with Crippen LogP contribution in [0.4, 0.5) is 0 Å². The zero-order chi connectivity index (χ0) is 17.6. The second-order valence-electron chi connectivity index (χ2n) is 9.21. The summed E-state index contributed by atoms with van der Waals surface area (Å²) in [4.78, 5) is 12.1. The highest BCUT2D eigenvalue weighted by atomic mass is 28.3. The number of rotatable bonds is 4. The minimum absolute atomic E-state index is 0.0112. The van der Waals surface area contributed by atoms with Crippen molar-refractivity contribution in [1.29, 1.82) is 0 Å². The van der Waals surface area contributed by atoms with Crippen molar-refractivity contribution in [1.82, 2.24) is 0 Å². The SMILES string of the molecule is CC(C)(C)OC(=O)C[C@H]1C[C@@H]([C@H]2O[C@H]2[Si](C)(C)C)OC(C)(C)O1. The van der Waals surface area contributed by atoms with Crippen LogP contribution in [0, 0.1) is 0 Å². The molecule has 5 nitrogen and oxygen atoms in total. The molecule has 0 radical (unpaired) electrons. The minimum Gasteiger partial charge on any atom is -0.460 e. The number of epoxide rings is 1. The average molecular weight is 345 g/mol. The molecule has 0 N–H and O–H groups in total. The molecule has 0 aromatic heterocycles. The van der Waals surface area contributed by atoms with Crippen LogP contribution in [0.15, 0.2) is 0 Å². The summed E-state index contributed by atoms with van der Waals surface area (Å²) in [5, 5.41) is 0. The van der Waals surface area contributed by atoms with Crippen LogP contribution >= 0.6 is 0 Å². The summed E-state index contributed by atoms with van der Waals surface area (Å²) < 4.78 is 23.3. The lowest BCUT2D eigenvalue weighted by Crippen LogP contribution is -2.48. The van der Waals surface area contributed by atoms with Gasteiger partial charge in [-0.3, -0.25) is 4.79 Å². The summed E-state index contributed by atoms with van der Waals surface area (Å²) in [6.07, 6.45) is 0.873. The maximum atomic E-state index is 12.1. The van der Waals surface area contributed by atoms with Gasteiger partial charge in [0.05, 0.1) is 32.4 Å². The third kappa shape index (κ3) is 5.55. The maximum absolute atomic E-state index is 12.1. The van der Waals surface area contributed by atoms with Crippen LogP contribution in [0.2, 0.25) is 19.6 Å². The molecule has 0 spiro atoms. The molecule has 0 unspecified atom stereocenters. The summed E-state index contributed by atoms with van der Waals surface area (Å²) in [7, 11) is -1.34. The molecule has 2 saturated heterocycles. The van der Waals surface area contributed by atoms with Gasteiger partial charge in [0.15, 0.2) is 5.79 Å². The average Bonchev–Trinajstić information content (AvgIpc) is 3.01. The van der Waals surface area contributed by atoms with Gasteiger partial charge in [-0.2, -0.15) is 0 Å². The number of hydrogen-bond acceptors (Lipinski definition) is 5. The molecular weight excluding hydrogens is 312 g/mol. The van der Waals surface area contributed by atoms with Gasteiger partial charge in [-0.15, -0.1) is 0 Å². The molecule has 0 saturated carbocycles. The van der Waals surface area contributed by atoms with E-state index in [9.17, 15) is 4.79 Å². The summed E-state index contributed by atoms with van der Waals surface area (Å²) in [5.41, 5.74) is -0.136. The molecule has 2 fully saturated rings. The number of carbonyl (C=O) groups excluding carboxylic acids is 1. The summed E-state index contributed by atoms with van der Waals surface area (Å²) >= 11 is 0. The van der Waals surface area contributed by atoms with Crippen LogP contribution in [-0.2, 0) is 23.7 Å². The van der Waals surface area contributed by atoms with Crippen LogP contribution in [0.5, 0.6) is 0 Å². The molecule has 0 amide bonds. The van der Waals surface area contributed by atoms with Gasteiger partial charge in [0.25, 0.3) is 0 Å². The largest absolute Gasteiger partial charge is 0.460 e. The van der Waals surface area contributed by atoms with E-state index < -0.39 is 19.5 Å². The van der Waals surface area contributed by atoms with Gasteiger partial charge in [-0.05, 0) is 34.6 Å². The summed E-state index contributed by atoms with van der Waals surface area (Å²) in [5.74, 6) is -0.927. The number of carbonyl (C=O) groups is 1. The van der Waals surface area contributed by atoms with E-state index in [4.69, 9.17) is 18.9 Å². The van der Waals surface area contributed by atoms with Crippen molar-refractivity contribution in [2.45, 2.75) is 103 Å². The fraction of sp³-hybridized carbons (Fsp3) is 0.941.